The minimum Gasteiger partial charge on any atom is -0.298 e. The highest BCUT2D eigenvalue weighted by Gasteiger charge is 2.33. The van der Waals surface area contributed by atoms with Crippen molar-refractivity contribution in [1.29, 1.82) is 0 Å². The summed E-state index contributed by atoms with van der Waals surface area (Å²) < 4.78 is 23.5. The van der Waals surface area contributed by atoms with Crippen LogP contribution in [0.25, 0.3) is 0 Å². The molecule has 1 fully saturated rings. The summed E-state index contributed by atoms with van der Waals surface area (Å²) in [5, 5.41) is -0.678. The lowest BCUT2D eigenvalue weighted by molar-refractivity contribution is -0.119. The predicted molar refractivity (Wildman–Crippen MR) is 69.8 cm³/mol. The fraction of sp³-hybridized carbons (Fsp3) is 0.923. The summed E-state index contributed by atoms with van der Waals surface area (Å²) in [4.78, 5) is 11.9. The normalized spacial score (nSPS) is 23.5. The Bertz CT molecular complexity index is 333. The lowest BCUT2D eigenvalue weighted by Crippen LogP contribution is -2.35. The highest BCUT2D eigenvalue weighted by Crippen LogP contribution is 2.22. The molecule has 0 bridgehead atoms. The molecule has 1 aliphatic heterocycles. The molecule has 0 aromatic rings. The molecule has 0 amide bonds. The smallest absolute Gasteiger partial charge is 0.160 e. The molecule has 3 nitrogen and oxygen atoms in total. The number of ketones is 1. The Morgan fingerprint density at radius 3 is 2.47 bits per heavy atom. The number of sulfone groups is 1. The van der Waals surface area contributed by atoms with Crippen LogP contribution in [-0.4, -0.2) is 25.2 Å². The highest BCUT2D eigenvalue weighted by atomic mass is 32.2. The largest absolute Gasteiger partial charge is 0.298 e. The van der Waals surface area contributed by atoms with Crippen molar-refractivity contribution in [3.63, 3.8) is 0 Å². The van der Waals surface area contributed by atoms with Crippen LogP contribution in [0.15, 0.2) is 0 Å². The van der Waals surface area contributed by atoms with Crippen molar-refractivity contribution < 1.29 is 13.2 Å². The van der Waals surface area contributed by atoms with E-state index < -0.39 is 15.1 Å². The fourth-order valence-corrected chi connectivity index (χ4v) is 4.32. The van der Waals surface area contributed by atoms with E-state index in [2.05, 4.69) is 6.92 Å². The SMILES string of the molecule is CCCCCCCC(=O)C1CCCCS1(=O)=O. The van der Waals surface area contributed by atoms with Crippen LogP contribution in [0.5, 0.6) is 0 Å². The first-order valence-corrected chi connectivity index (χ1v) is 8.53. The molecular weight excluding hydrogens is 236 g/mol. The molecule has 100 valence electrons. The number of carbonyl (C=O) groups is 1. The van der Waals surface area contributed by atoms with Gasteiger partial charge in [0.05, 0.1) is 5.75 Å². The van der Waals surface area contributed by atoms with Gasteiger partial charge in [0.2, 0.25) is 0 Å². The van der Waals surface area contributed by atoms with Crippen LogP contribution in [-0.2, 0) is 14.6 Å². The number of Topliss-reactive ketones (excluding diaryl/α,β-unsaturated/α-hetero) is 1. The van der Waals surface area contributed by atoms with Crippen LogP contribution in [0, 0.1) is 0 Å². The van der Waals surface area contributed by atoms with Crippen molar-refractivity contribution in [1.82, 2.24) is 0 Å². The number of hydrogen-bond donors (Lipinski definition) is 0. The number of rotatable bonds is 7. The van der Waals surface area contributed by atoms with Crippen LogP contribution in [0.1, 0.15) is 64.7 Å². The molecule has 0 saturated carbocycles. The molecule has 0 spiro atoms. The molecule has 0 aromatic heterocycles. The fourth-order valence-electron chi connectivity index (χ4n) is 2.38. The van der Waals surface area contributed by atoms with Gasteiger partial charge < -0.3 is 0 Å². The Morgan fingerprint density at radius 2 is 1.82 bits per heavy atom. The van der Waals surface area contributed by atoms with Crippen molar-refractivity contribution in [2.75, 3.05) is 5.75 Å². The van der Waals surface area contributed by atoms with E-state index in [0.717, 1.165) is 32.1 Å². The highest BCUT2D eigenvalue weighted by molar-refractivity contribution is 7.92. The maximum Gasteiger partial charge on any atom is 0.160 e. The molecule has 1 atom stereocenters. The minimum absolute atomic E-state index is 0.0406. The van der Waals surface area contributed by atoms with E-state index in [9.17, 15) is 13.2 Å². The van der Waals surface area contributed by atoms with E-state index in [1.165, 1.54) is 12.8 Å². The maximum absolute atomic E-state index is 11.9. The maximum atomic E-state index is 11.9. The Hall–Kier alpha value is -0.380. The summed E-state index contributed by atoms with van der Waals surface area (Å²) in [6, 6.07) is 0. The Morgan fingerprint density at radius 1 is 1.12 bits per heavy atom. The number of unbranched alkanes of at least 4 members (excludes halogenated alkanes) is 4. The van der Waals surface area contributed by atoms with Gasteiger partial charge >= 0.3 is 0 Å². The molecular formula is C13H24O3S. The van der Waals surface area contributed by atoms with Gasteiger partial charge in [0.25, 0.3) is 0 Å². The first-order valence-electron chi connectivity index (χ1n) is 6.82. The minimum atomic E-state index is -3.12. The second-order valence-electron chi connectivity index (χ2n) is 4.98. The van der Waals surface area contributed by atoms with Crippen LogP contribution in [0.3, 0.4) is 0 Å². The molecule has 4 heteroatoms. The Kier molecular flexibility index (Phi) is 6.17. The summed E-state index contributed by atoms with van der Waals surface area (Å²) >= 11 is 0. The molecule has 0 radical (unpaired) electrons. The third-order valence-electron chi connectivity index (χ3n) is 3.46. The molecule has 1 rings (SSSR count). The van der Waals surface area contributed by atoms with Gasteiger partial charge in [-0.15, -0.1) is 0 Å². The summed E-state index contributed by atoms with van der Waals surface area (Å²) in [5.41, 5.74) is 0. The second-order valence-corrected chi connectivity index (χ2v) is 7.28. The van der Waals surface area contributed by atoms with Gasteiger partial charge in [-0.25, -0.2) is 8.42 Å². The zero-order valence-electron chi connectivity index (χ0n) is 10.8. The monoisotopic (exact) mass is 260 g/mol. The zero-order chi connectivity index (χ0) is 12.7. The van der Waals surface area contributed by atoms with Crippen LogP contribution < -0.4 is 0 Å². The molecule has 1 aliphatic rings. The molecule has 0 N–H and O–H groups in total. The Labute approximate surface area is 105 Å². The van der Waals surface area contributed by atoms with Crippen molar-refractivity contribution >= 4 is 15.6 Å². The van der Waals surface area contributed by atoms with Gasteiger partial charge in [0.15, 0.2) is 15.6 Å². The van der Waals surface area contributed by atoms with E-state index >= 15 is 0 Å². The summed E-state index contributed by atoms with van der Waals surface area (Å²) in [7, 11) is -3.12. The van der Waals surface area contributed by atoms with E-state index in [1.54, 1.807) is 0 Å². The quantitative estimate of drug-likeness (QED) is 0.661. The Balaban J connectivity index is 2.31. The lowest BCUT2D eigenvalue weighted by atomic mass is 10.0. The number of carbonyl (C=O) groups excluding carboxylic acids is 1. The van der Waals surface area contributed by atoms with Gasteiger partial charge in [-0.2, -0.15) is 0 Å². The van der Waals surface area contributed by atoms with Gasteiger partial charge in [-0.3, -0.25) is 4.79 Å². The van der Waals surface area contributed by atoms with Crippen molar-refractivity contribution in [2.24, 2.45) is 0 Å². The third kappa shape index (κ3) is 4.78. The standard InChI is InChI=1S/C13H24O3S/c1-2-3-4-5-6-9-12(14)13-10-7-8-11-17(13,15)16/h13H,2-11H2,1H3. The third-order valence-corrected chi connectivity index (χ3v) is 5.69. The van der Waals surface area contributed by atoms with E-state index in [0.29, 0.717) is 12.8 Å². The number of hydrogen-bond acceptors (Lipinski definition) is 3. The predicted octanol–water partition coefficient (Wildman–Crippen LogP) is 2.88. The van der Waals surface area contributed by atoms with E-state index in [1.807, 2.05) is 0 Å². The average molecular weight is 260 g/mol. The van der Waals surface area contributed by atoms with Crippen molar-refractivity contribution in [3.05, 3.63) is 0 Å². The first kappa shape index (κ1) is 14.7. The second kappa shape index (κ2) is 7.14. The van der Waals surface area contributed by atoms with Gasteiger partial charge in [0, 0.05) is 6.42 Å². The van der Waals surface area contributed by atoms with E-state index in [4.69, 9.17) is 0 Å². The topological polar surface area (TPSA) is 51.2 Å². The lowest BCUT2D eigenvalue weighted by Gasteiger charge is -2.20. The molecule has 0 aromatic carbocycles. The molecule has 0 aliphatic carbocycles. The van der Waals surface area contributed by atoms with E-state index in [-0.39, 0.29) is 11.5 Å². The zero-order valence-corrected chi connectivity index (χ0v) is 11.6. The van der Waals surface area contributed by atoms with Crippen LogP contribution in [0.4, 0.5) is 0 Å². The van der Waals surface area contributed by atoms with Crippen molar-refractivity contribution in [3.8, 4) is 0 Å². The van der Waals surface area contributed by atoms with Crippen molar-refractivity contribution in [2.45, 2.75) is 70.0 Å². The van der Waals surface area contributed by atoms with Crippen LogP contribution in [0.2, 0.25) is 0 Å². The van der Waals surface area contributed by atoms with Gasteiger partial charge in [0.1, 0.15) is 5.25 Å². The average Bonchev–Trinajstić information content (AvgIpc) is 2.28. The van der Waals surface area contributed by atoms with Gasteiger partial charge in [-0.1, -0.05) is 39.0 Å². The summed E-state index contributed by atoms with van der Waals surface area (Å²) in [5.74, 6) is 0.167. The molecule has 17 heavy (non-hydrogen) atoms. The molecule has 1 heterocycles. The molecule has 1 saturated heterocycles. The van der Waals surface area contributed by atoms with Gasteiger partial charge in [-0.05, 0) is 19.3 Å². The van der Waals surface area contributed by atoms with Crippen LogP contribution >= 0.6 is 0 Å². The first-order chi connectivity index (χ1) is 8.08. The summed E-state index contributed by atoms with van der Waals surface area (Å²) in [6.45, 7) is 2.15. The molecule has 1 unspecified atom stereocenters. The summed E-state index contributed by atoms with van der Waals surface area (Å²) in [6.07, 6.45) is 8.05.